The van der Waals surface area contributed by atoms with E-state index in [1.54, 1.807) is 6.92 Å². The lowest BCUT2D eigenvalue weighted by atomic mass is 10.5. The lowest BCUT2D eigenvalue weighted by molar-refractivity contribution is 0.105. The Labute approximate surface area is 89.4 Å². The molecule has 0 N–H and O–H groups in total. The summed E-state index contributed by atoms with van der Waals surface area (Å²) in [5.74, 6) is 0.0234. The van der Waals surface area contributed by atoms with E-state index >= 15 is 0 Å². The summed E-state index contributed by atoms with van der Waals surface area (Å²) in [5.41, 5.74) is 0. The molecule has 1 heterocycles. The van der Waals surface area contributed by atoms with Gasteiger partial charge in [0.2, 0.25) is 0 Å². The average Bonchev–Trinajstić information content (AvgIpc) is 2.31. The first-order valence-corrected chi connectivity index (χ1v) is 6.90. The monoisotopic (exact) mass is 242 g/mol. The van der Waals surface area contributed by atoms with E-state index in [-0.39, 0.29) is 0 Å². The van der Waals surface area contributed by atoms with Gasteiger partial charge in [-0.25, -0.2) is 0 Å². The van der Waals surface area contributed by atoms with Crippen molar-refractivity contribution in [3.8, 4) is 0 Å². The van der Waals surface area contributed by atoms with Crippen molar-refractivity contribution in [2.24, 2.45) is 0 Å². The Morgan fingerprint density at radius 1 is 1.57 bits per heavy atom. The molecule has 0 aromatic rings. The van der Waals surface area contributed by atoms with Crippen LogP contribution < -0.4 is 0 Å². The summed E-state index contributed by atoms with van der Waals surface area (Å²) in [7, 11) is -3.06. The van der Waals surface area contributed by atoms with Gasteiger partial charge in [0, 0.05) is 5.88 Å². The predicted octanol–water partition coefficient (Wildman–Crippen LogP) is 2.61. The van der Waals surface area contributed by atoms with Crippen LogP contribution in [-0.2, 0) is 18.3 Å². The molecule has 1 saturated heterocycles. The molecule has 2 unspecified atom stereocenters. The number of ether oxygens (including phenoxy) is 1. The Balaban J connectivity index is 2.46. The van der Waals surface area contributed by atoms with E-state index < -0.39 is 13.4 Å². The maximum absolute atomic E-state index is 12.0. The van der Waals surface area contributed by atoms with E-state index in [4.69, 9.17) is 25.4 Å². The van der Waals surface area contributed by atoms with Gasteiger partial charge in [0.05, 0.1) is 19.8 Å². The Hall–Kier alpha value is 0.400. The van der Waals surface area contributed by atoms with Gasteiger partial charge in [0.25, 0.3) is 0 Å². The summed E-state index contributed by atoms with van der Waals surface area (Å²) >= 11 is 5.49. The van der Waals surface area contributed by atoms with E-state index in [9.17, 15) is 4.57 Å². The number of hydrogen-bond donors (Lipinski definition) is 0. The molecule has 0 spiro atoms. The molecule has 4 nitrogen and oxygen atoms in total. The fourth-order valence-electron chi connectivity index (χ4n) is 1.09. The maximum atomic E-state index is 12.0. The van der Waals surface area contributed by atoms with Crippen LogP contribution >= 0.6 is 19.2 Å². The molecule has 0 radical (unpaired) electrons. The van der Waals surface area contributed by atoms with Crippen LogP contribution in [-0.4, -0.2) is 31.5 Å². The third-order valence-corrected chi connectivity index (χ3v) is 4.31. The van der Waals surface area contributed by atoms with Crippen LogP contribution in [0.25, 0.3) is 0 Å². The summed E-state index contributed by atoms with van der Waals surface area (Å²) in [6, 6.07) is 0. The number of rotatable bonds is 4. The molecule has 1 rings (SSSR count). The summed E-state index contributed by atoms with van der Waals surface area (Å²) in [4.78, 5) is 0. The van der Waals surface area contributed by atoms with Crippen LogP contribution in [0.15, 0.2) is 0 Å². The molecule has 6 heteroatoms. The Kier molecular flexibility index (Phi) is 5.42. The SMILES string of the molecule is CC1OCCCOP1(=O)OCCCCl. The first-order valence-electron chi connectivity index (χ1n) is 4.75. The molecular formula is C8H16ClO4P. The van der Waals surface area contributed by atoms with Gasteiger partial charge in [-0.05, 0) is 19.8 Å². The average molecular weight is 243 g/mol. The van der Waals surface area contributed by atoms with Crippen molar-refractivity contribution in [2.45, 2.75) is 25.6 Å². The third kappa shape index (κ3) is 3.52. The Bertz CT molecular complexity index is 212. The van der Waals surface area contributed by atoms with Crippen molar-refractivity contribution in [3.63, 3.8) is 0 Å². The van der Waals surface area contributed by atoms with Gasteiger partial charge in [-0.1, -0.05) is 0 Å². The second-order valence-corrected chi connectivity index (χ2v) is 5.77. The molecule has 1 aliphatic rings. The third-order valence-electron chi connectivity index (χ3n) is 1.91. The first kappa shape index (κ1) is 12.5. The van der Waals surface area contributed by atoms with Gasteiger partial charge >= 0.3 is 7.60 Å². The lowest BCUT2D eigenvalue weighted by Gasteiger charge is -2.20. The van der Waals surface area contributed by atoms with Gasteiger partial charge in [0.15, 0.2) is 5.85 Å². The van der Waals surface area contributed by atoms with E-state index in [1.807, 2.05) is 0 Å². The van der Waals surface area contributed by atoms with Gasteiger partial charge in [-0.2, -0.15) is 0 Å². The number of hydrogen-bond acceptors (Lipinski definition) is 4. The number of halogens is 1. The van der Waals surface area contributed by atoms with Crippen LogP contribution in [0, 0.1) is 0 Å². The lowest BCUT2D eigenvalue weighted by Crippen LogP contribution is -2.11. The summed E-state index contributed by atoms with van der Waals surface area (Å²) in [6.45, 7) is 3.08. The molecule has 0 bridgehead atoms. The number of alkyl halides is 1. The zero-order valence-electron chi connectivity index (χ0n) is 8.28. The fourth-order valence-corrected chi connectivity index (χ4v) is 2.75. The maximum Gasteiger partial charge on any atom is 0.358 e. The van der Waals surface area contributed by atoms with E-state index in [0.717, 1.165) is 6.42 Å². The molecule has 1 fully saturated rings. The Morgan fingerprint density at radius 2 is 2.36 bits per heavy atom. The molecule has 84 valence electrons. The van der Waals surface area contributed by atoms with E-state index in [1.165, 1.54) is 0 Å². The van der Waals surface area contributed by atoms with Crippen molar-refractivity contribution in [2.75, 3.05) is 25.7 Å². The van der Waals surface area contributed by atoms with E-state index in [2.05, 4.69) is 0 Å². The molecule has 0 aromatic carbocycles. The van der Waals surface area contributed by atoms with Gasteiger partial charge in [-0.15, -0.1) is 11.6 Å². The standard InChI is InChI=1S/C8H16ClO4P/c1-8-11-5-3-7-13-14(8,10)12-6-2-4-9/h8H,2-7H2,1H3. The van der Waals surface area contributed by atoms with E-state index in [0.29, 0.717) is 32.1 Å². The summed E-state index contributed by atoms with van der Waals surface area (Å²) < 4.78 is 27.8. The summed E-state index contributed by atoms with van der Waals surface area (Å²) in [6.07, 6.45) is 1.43. The van der Waals surface area contributed by atoms with Gasteiger partial charge in [0.1, 0.15) is 0 Å². The highest BCUT2D eigenvalue weighted by atomic mass is 35.5. The van der Waals surface area contributed by atoms with Crippen LogP contribution in [0.5, 0.6) is 0 Å². The molecule has 1 aliphatic heterocycles. The van der Waals surface area contributed by atoms with Crippen LogP contribution in [0.1, 0.15) is 19.8 Å². The zero-order chi connectivity index (χ0) is 10.4. The minimum atomic E-state index is -3.06. The molecule has 14 heavy (non-hydrogen) atoms. The van der Waals surface area contributed by atoms with Crippen molar-refractivity contribution in [1.82, 2.24) is 0 Å². The predicted molar refractivity (Wildman–Crippen MR) is 54.9 cm³/mol. The quantitative estimate of drug-likeness (QED) is 0.432. The molecule has 0 saturated carbocycles. The van der Waals surface area contributed by atoms with Crippen molar-refractivity contribution in [3.05, 3.63) is 0 Å². The summed E-state index contributed by atoms with van der Waals surface area (Å²) in [5, 5.41) is 0. The minimum absolute atomic E-state index is 0.356. The molecular weight excluding hydrogens is 227 g/mol. The highest BCUT2D eigenvalue weighted by Gasteiger charge is 2.35. The molecule has 2 atom stereocenters. The van der Waals surface area contributed by atoms with Crippen molar-refractivity contribution >= 4 is 19.2 Å². The molecule has 0 aromatic heterocycles. The smallest absolute Gasteiger partial charge is 0.358 e. The van der Waals surface area contributed by atoms with Crippen molar-refractivity contribution in [1.29, 1.82) is 0 Å². The normalized spacial score (nSPS) is 34.0. The van der Waals surface area contributed by atoms with Gasteiger partial charge < -0.3 is 13.8 Å². The van der Waals surface area contributed by atoms with Crippen molar-refractivity contribution < 1.29 is 18.3 Å². The molecule has 0 aliphatic carbocycles. The highest BCUT2D eigenvalue weighted by Crippen LogP contribution is 2.54. The second kappa shape index (κ2) is 6.09. The van der Waals surface area contributed by atoms with Crippen LogP contribution in [0.2, 0.25) is 0 Å². The Morgan fingerprint density at radius 3 is 3.07 bits per heavy atom. The second-order valence-electron chi connectivity index (χ2n) is 3.07. The first-order chi connectivity index (χ1) is 6.69. The minimum Gasteiger partial charge on any atom is -0.366 e. The molecule has 0 amide bonds. The fraction of sp³-hybridized carbons (Fsp3) is 1.00. The topological polar surface area (TPSA) is 44.8 Å². The van der Waals surface area contributed by atoms with Crippen LogP contribution in [0.3, 0.4) is 0 Å². The zero-order valence-corrected chi connectivity index (χ0v) is 9.93. The highest BCUT2D eigenvalue weighted by molar-refractivity contribution is 7.54. The van der Waals surface area contributed by atoms with Gasteiger partial charge in [-0.3, -0.25) is 4.57 Å². The largest absolute Gasteiger partial charge is 0.366 e. The van der Waals surface area contributed by atoms with Crippen LogP contribution in [0.4, 0.5) is 0 Å².